The van der Waals surface area contributed by atoms with E-state index in [4.69, 9.17) is 19.2 Å². The Morgan fingerprint density at radius 1 is 1.17 bits per heavy atom. The lowest BCUT2D eigenvalue weighted by molar-refractivity contribution is -0.151. The van der Waals surface area contributed by atoms with E-state index >= 15 is 0 Å². The highest BCUT2D eigenvalue weighted by molar-refractivity contribution is 7.79. The molecule has 17 nitrogen and oxygen atoms in total. The lowest BCUT2D eigenvalue weighted by atomic mass is 9.67. The van der Waals surface area contributed by atoms with Crippen LogP contribution in [0.5, 0.6) is 0 Å². The molecule has 0 bridgehead atoms. The molecule has 63 heavy (non-hydrogen) atoms. The first-order valence-corrected chi connectivity index (χ1v) is 23.0. The van der Waals surface area contributed by atoms with Crippen LogP contribution in [0.4, 0.5) is 5.69 Å². The molecule has 18 heteroatoms. The van der Waals surface area contributed by atoms with Crippen molar-refractivity contribution in [3.63, 3.8) is 0 Å². The maximum Gasteiger partial charge on any atom is 0.324 e. The zero-order valence-electron chi connectivity index (χ0n) is 37.7. The molecule has 3 aliphatic rings. The number of amides is 3. The Kier molecular flexibility index (Phi) is 15.5. The Morgan fingerprint density at radius 2 is 1.94 bits per heavy atom. The first kappa shape index (κ1) is 47.8. The number of nitrogens with one attached hydrogen (secondary N) is 3. The molecule has 344 valence electrons. The van der Waals surface area contributed by atoms with E-state index in [-0.39, 0.29) is 55.1 Å². The largest absolute Gasteiger partial charge is 0.464 e. The van der Waals surface area contributed by atoms with Crippen molar-refractivity contribution >= 4 is 51.4 Å². The Bertz CT molecular complexity index is 2190. The van der Waals surface area contributed by atoms with Gasteiger partial charge in [0.2, 0.25) is 24.1 Å². The summed E-state index contributed by atoms with van der Waals surface area (Å²) in [6, 6.07) is 8.49. The van der Waals surface area contributed by atoms with Gasteiger partial charge in [0.05, 0.1) is 29.7 Å². The van der Waals surface area contributed by atoms with E-state index in [1.807, 2.05) is 44.2 Å². The molecule has 4 N–H and O–H groups in total. The number of likely N-dealkylation sites (tertiary alicyclic amines) is 1. The standard InChI is InChI=1S/C45H64N8O9S/c1-10-34(54)51-21-18-28(25-51)42(56)50(7)38(27(3)4)41(55)48-44(61-9)53(22-23-63(58)59)29-16-17-33-31(24-29)35-36(45(5,6)26-62-43(57)32-15-13-20-47-49-32)40(60-8)37-30(14-12-19-46-37)39(35)52(33)11-2/h10,12,14,16-17,19,24,27-28,32,36,38,40,44,47,49H,1,11,13,15,18,20-23,25-26H2,2-9H3,(H,48,55)(H,58,59)/t28-,32-,36?,38-,40-,44?/m0/s1. The number of rotatable bonds is 18. The number of likely N-dealkylation sites (N-methyl/N-ethyl adjacent to an activating group) is 1. The summed E-state index contributed by atoms with van der Waals surface area (Å²) >= 11 is -2.19. The van der Waals surface area contributed by atoms with Gasteiger partial charge in [-0.3, -0.25) is 29.6 Å². The minimum absolute atomic E-state index is 0.0167. The van der Waals surface area contributed by atoms with Crippen molar-refractivity contribution in [2.45, 2.75) is 90.9 Å². The molecule has 2 aromatic heterocycles. The predicted molar refractivity (Wildman–Crippen MR) is 240 cm³/mol. The maximum atomic E-state index is 14.3. The third kappa shape index (κ3) is 9.85. The van der Waals surface area contributed by atoms with Gasteiger partial charge in [-0.2, -0.15) is 0 Å². The number of anilines is 1. The van der Waals surface area contributed by atoms with Crippen molar-refractivity contribution in [1.82, 2.24) is 35.5 Å². The molecule has 2 aliphatic heterocycles. The smallest absolute Gasteiger partial charge is 0.324 e. The highest BCUT2D eigenvalue weighted by atomic mass is 32.2. The lowest BCUT2D eigenvalue weighted by Crippen LogP contribution is -2.58. The minimum atomic E-state index is -2.19. The summed E-state index contributed by atoms with van der Waals surface area (Å²) in [5, 5.41) is 3.88. The van der Waals surface area contributed by atoms with Crippen LogP contribution >= 0.6 is 0 Å². The van der Waals surface area contributed by atoms with Crippen LogP contribution in [0.15, 0.2) is 49.2 Å². The highest BCUT2D eigenvalue weighted by Crippen LogP contribution is 2.57. The molecule has 2 fully saturated rings. The molecule has 0 saturated carbocycles. The number of fused-ring (bicyclic) bond motifs is 5. The van der Waals surface area contributed by atoms with Gasteiger partial charge in [-0.25, -0.2) is 9.63 Å². The Morgan fingerprint density at radius 3 is 2.57 bits per heavy atom. The molecule has 0 radical (unpaired) electrons. The molecule has 3 amide bonds. The summed E-state index contributed by atoms with van der Waals surface area (Å²) in [6.07, 6.45) is 3.34. The van der Waals surface area contributed by atoms with Crippen molar-refractivity contribution in [3.8, 4) is 11.3 Å². The molecule has 1 aromatic carbocycles. The second kappa shape index (κ2) is 20.4. The maximum absolute atomic E-state index is 14.3. The van der Waals surface area contributed by atoms with E-state index < -0.39 is 52.9 Å². The van der Waals surface area contributed by atoms with Gasteiger partial charge in [-0.1, -0.05) is 34.3 Å². The fourth-order valence-corrected chi connectivity index (χ4v) is 9.99. The van der Waals surface area contributed by atoms with E-state index in [1.54, 1.807) is 30.2 Å². The van der Waals surface area contributed by atoms with Crippen LogP contribution in [-0.2, 0) is 51.0 Å². The van der Waals surface area contributed by atoms with Crippen molar-refractivity contribution in [1.29, 1.82) is 0 Å². The molecule has 3 aromatic rings. The van der Waals surface area contributed by atoms with Crippen LogP contribution < -0.4 is 21.1 Å². The summed E-state index contributed by atoms with van der Waals surface area (Å²) in [4.78, 5) is 63.4. The highest BCUT2D eigenvalue weighted by Gasteiger charge is 2.47. The number of pyridine rings is 1. The zero-order valence-corrected chi connectivity index (χ0v) is 38.5. The summed E-state index contributed by atoms with van der Waals surface area (Å²) in [5.41, 5.74) is 10.6. The summed E-state index contributed by atoms with van der Waals surface area (Å²) in [7, 11) is 4.70. The van der Waals surface area contributed by atoms with Gasteiger partial charge >= 0.3 is 5.97 Å². The molecule has 1 aliphatic carbocycles. The summed E-state index contributed by atoms with van der Waals surface area (Å²) in [6.45, 7) is 15.6. The number of methoxy groups -OCH3 is 2. The summed E-state index contributed by atoms with van der Waals surface area (Å²) in [5.74, 6) is -2.60. The molecular formula is C45H64N8O9S. The number of hydrazine groups is 1. The minimum Gasteiger partial charge on any atom is -0.464 e. The number of benzene rings is 1. The van der Waals surface area contributed by atoms with Crippen molar-refractivity contribution in [2.75, 3.05) is 64.7 Å². The number of aromatic nitrogens is 2. The van der Waals surface area contributed by atoms with Gasteiger partial charge < -0.3 is 43.3 Å². The van der Waals surface area contributed by atoms with E-state index in [1.165, 1.54) is 18.1 Å². The fraction of sp³-hybridized carbons (Fsp3) is 0.578. The lowest BCUT2D eigenvalue weighted by Gasteiger charge is -2.42. The van der Waals surface area contributed by atoms with E-state index in [0.29, 0.717) is 31.6 Å². The SMILES string of the molecule is C=CC(=O)N1CC[C@H](C(=O)N(C)[C@H](C(=O)NC(OC)N(CCS(=O)O)c2ccc3c(c2)c2c(n3CC)-c3cccnc3[C@@H](OC)C2C(C)(C)COC(=O)[C@@H]2CCCNN2)C(C)C)C1. The topological polar surface area (TPSA) is 197 Å². The van der Waals surface area contributed by atoms with Crippen LogP contribution in [0, 0.1) is 17.3 Å². The van der Waals surface area contributed by atoms with E-state index in [0.717, 1.165) is 46.4 Å². The normalized spacial score (nSPS) is 21.3. The molecular weight excluding hydrogens is 829 g/mol. The van der Waals surface area contributed by atoms with Gasteiger partial charge in [0.25, 0.3) is 0 Å². The van der Waals surface area contributed by atoms with Crippen LogP contribution in [0.25, 0.3) is 22.2 Å². The zero-order chi connectivity index (χ0) is 45.7. The molecule has 4 heterocycles. The Balaban J connectivity index is 1.39. The number of hydrogen-bond donors (Lipinski definition) is 4. The molecule has 6 rings (SSSR count). The number of nitrogens with zero attached hydrogens (tertiary/aromatic N) is 5. The third-order valence-electron chi connectivity index (χ3n) is 12.7. The average molecular weight is 893 g/mol. The number of carbonyl (C=O) groups is 4. The van der Waals surface area contributed by atoms with Gasteiger partial charge in [-0.15, -0.1) is 0 Å². The van der Waals surface area contributed by atoms with Crippen molar-refractivity contribution in [2.24, 2.45) is 17.3 Å². The van der Waals surface area contributed by atoms with Crippen LogP contribution in [0.3, 0.4) is 0 Å². The van der Waals surface area contributed by atoms with Gasteiger partial charge in [0.1, 0.15) is 18.2 Å². The monoisotopic (exact) mass is 892 g/mol. The second-order valence-corrected chi connectivity index (χ2v) is 18.6. The molecule has 7 atom stereocenters. The van der Waals surface area contributed by atoms with Crippen LogP contribution in [0.1, 0.15) is 77.2 Å². The Hall–Kier alpha value is -4.72. The number of aryl methyl sites for hydroxylation is 1. The fourth-order valence-electron chi connectivity index (χ4n) is 9.64. The van der Waals surface area contributed by atoms with Gasteiger partial charge in [-0.05, 0) is 74.1 Å². The second-order valence-electron chi connectivity index (χ2n) is 17.6. The average Bonchev–Trinajstić information content (AvgIpc) is 3.90. The van der Waals surface area contributed by atoms with Crippen molar-refractivity contribution < 1.29 is 42.2 Å². The molecule has 2 saturated heterocycles. The number of ether oxygens (including phenoxy) is 3. The predicted octanol–water partition coefficient (Wildman–Crippen LogP) is 3.93. The molecule has 3 unspecified atom stereocenters. The van der Waals surface area contributed by atoms with Crippen LogP contribution in [0.2, 0.25) is 0 Å². The number of hydrogen-bond acceptors (Lipinski definition) is 12. The molecule has 0 spiro atoms. The van der Waals surface area contributed by atoms with E-state index in [9.17, 15) is 27.9 Å². The van der Waals surface area contributed by atoms with Gasteiger partial charge in [0.15, 0.2) is 11.1 Å². The Labute approximate surface area is 372 Å². The third-order valence-corrected chi connectivity index (χ3v) is 13.2. The number of carbonyl (C=O) groups excluding carboxylic acids is 4. The van der Waals surface area contributed by atoms with E-state index in [2.05, 4.69) is 48.1 Å². The number of esters is 1. The quantitative estimate of drug-likeness (QED) is 0.0622. The van der Waals surface area contributed by atoms with Crippen molar-refractivity contribution in [3.05, 3.63) is 60.4 Å². The van der Waals surface area contributed by atoms with Crippen LogP contribution in [-0.4, -0.2) is 130 Å². The van der Waals surface area contributed by atoms with Gasteiger partial charge in [0, 0.05) is 93.7 Å². The first-order valence-electron chi connectivity index (χ1n) is 21.7. The summed E-state index contributed by atoms with van der Waals surface area (Å²) < 4.78 is 42.9. The first-order chi connectivity index (χ1) is 30.1.